The fourth-order valence-electron chi connectivity index (χ4n) is 4.03. The molecule has 1 aliphatic rings. The first-order chi connectivity index (χ1) is 18.2. The molecule has 1 unspecified atom stereocenters. The minimum absolute atomic E-state index is 0.0477. The van der Waals surface area contributed by atoms with Crippen LogP contribution >= 0.6 is 11.3 Å². The zero-order valence-electron chi connectivity index (χ0n) is 21.4. The molecular formula is C29H28N4O4S. The van der Waals surface area contributed by atoms with Crippen LogP contribution in [0, 0.1) is 5.92 Å². The molecule has 9 heteroatoms. The maximum Gasteiger partial charge on any atom is 0.313 e. The van der Waals surface area contributed by atoms with Gasteiger partial charge in [0.2, 0.25) is 17.7 Å². The second kappa shape index (κ2) is 10.7. The Balaban J connectivity index is 1.15. The number of amides is 1. The van der Waals surface area contributed by atoms with Gasteiger partial charge < -0.3 is 14.5 Å². The second-order valence-electron chi connectivity index (χ2n) is 10.0. The summed E-state index contributed by atoms with van der Waals surface area (Å²) in [6.45, 7) is 5.51. The highest BCUT2D eigenvalue weighted by Crippen LogP contribution is 2.29. The van der Waals surface area contributed by atoms with Crippen molar-refractivity contribution in [3.63, 3.8) is 0 Å². The molecule has 0 spiro atoms. The quantitative estimate of drug-likeness (QED) is 0.320. The molecule has 1 N–H and O–H groups in total. The number of nitrogens with zero attached hydrogens (tertiary/aromatic N) is 3. The molecule has 194 valence electrons. The Bertz CT molecular complexity index is 1530. The Morgan fingerprint density at radius 3 is 2.61 bits per heavy atom. The van der Waals surface area contributed by atoms with Gasteiger partial charge in [-0.3, -0.25) is 9.59 Å². The van der Waals surface area contributed by atoms with Crippen molar-refractivity contribution in [3.8, 4) is 11.1 Å². The number of carbonyl (C=O) groups excluding carboxylic acids is 2. The highest BCUT2D eigenvalue weighted by atomic mass is 32.1. The summed E-state index contributed by atoms with van der Waals surface area (Å²) in [4.78, 5) is 29.4. The minimum atomic E-state index is -0.537. The molecule has 1 aliphatic carbocycles. The largest absolute Gasteiger partial charge is 0.460 e. The predicted octanol–water partition coefficient (Wildman–Crippen LogP) is 5.40. The van der Waals surface area contributed by atoms with E-state index in [1.807, 2.05) is 51.1 Å². The first-order valence-corrected chi connectivity index (χ1v) is 13.2. The van der Waals surface area contributed by atoms with Crippen molar-refractivity contribution in [2.75, 3.05) is 0 Å². The number of esters is 1. The molecule has 4 aromatic rings. The molecule has 0 saturated carbocycles. The summed E-state index contributed by atoms with van der Waals surface area (Å²) in [6.07, 6.45) is 6.08. The van der Waals surface area contributed by atoms with E-state index in [0.29, 0.717) is 24.4 Å². The number of carbonyl (C=O) groups is 2. The summed E-state index contributed by atoms with van der Waals surface area (Å²) >= 11 is 1.59. The number of thiazole rings is 1. The van der Waals surface area contributed by atoms with Gasteiger partial charge in [0, 0.05) is 5.70 Å². The van der Waals surface area contributed by atoms with Gasteiger partial charge in [0.15, 0.2) is 0 Å². The molecule has 0 bridgehead atoms. The molecule has 2 aromatic heterocycles. The maximum absolute atomic E-state index is 12.5. The second-order valence-corrected chi connectivity index (χ2v) is 11.2. The highest BCUT2D eigenvalue weighted by Gasteiger charge is 2.24. The number of nitrogens with one attached hydrogen (secondary N) is 1. The summed E-state index contributed by atoms with van der Waals surface area (Å²) in [6, 6.07) is 16.4. The third-order valence-electron chi connectivity index (χ3n) is 5.76. The number of hydrogen-bond donors (Lipinski definition) is 1. The van der Waals surface area contributed by atoms with Gasteiger partial charge in [0.05, 0.1) is 22.6 Å². The monoisotopic (exact) mass is 528 g/mol. The van der Waals surface area contributed by atoms with E-state index >= 15 is 0 Å². The number of allylic oxidation sites excluding steroid dienone is 2. The van der Waals surface area contributed by atoms with Gasteiger partial charge in [0.1, 0.15) is 17.0 Å². The number of benzene rings is 2. The smallest absolute Gasteiger partial charge is 0.313 e. The molecule has 1 amide bonds. The van der Waals surface area contributed by atoms with Gasteiger partial charge in [0.25, 0.3) is 0 Å². The van der Waals surface area contributed by atoms with Crippen molar-refractivity contribution in [2.24, 2.45) is 5.92 Å². The summed E-state index contributed by atoms with van der Waals surface area (Å²) in [5.41, 5.74) is 3.31. The van der Waals surface area contributed by atoms with Crippen molar-refractivity contribution in [1.29, 1.82) is 0 Å². The molecule has 8 nitrogen and oxygen atoms in total. The topological polar surface area (TPSA) is 107 Å². The van der Waals surface area contributed by atoms with Gasteiger partial charge >= 0.3 is 5.97 Å². The average Bonchev–Trinajstić information content (AvgIpc) is 3.49. The molecule has 0 radical (unpaired) electrons. The third-order valence-corrected chi connectivity index (χ3v) is 6.77. The SMILES string of the molecule is CC(C)(C)OC(=O)C1C=CC(NC(=O)Cc2nnc(Cc3nc4ccc(-c5ccccc5)cc4s3)o2)=CC1. The van der Waals surface area contributed by atoms with Gasteiger partial charge in [-0.2, -0.15) is 0 Å². The Morgan fingerprint density at radius 2 is 1.87 bits per heavy atom. The van der Waals surface area contributed by atoms with Crippen LogP contribution in [0.25, 0.3) is 21.3 Å². The van der Waals surface area contributed by atoms with Crippen molar-refractivity contribution < 1.29 is 18.7 Å². The van der Waals surface area contributed by atoms with Crippen LogP contribution in [0.15, 0.2) is 76.9 Å². The van der Waals surface area contributed by atoms with E-state index in [9.17, 15) is 9.59 Å². The fourth-order valence-corrected chi connectivity index (χ4v) is 5.02. The molecule has 2 aromatic carbocycles. The standard InChI is InChI=1S/C29H28N4O4S/c1-29(2,3)37-28(35)19-9-12-21(13-10-19)30-24(34)16-25-32-33-26(36-25)17-27-31-22-14-11-20(15-23(22)38-27)18-7-5-4-6-8-18/h4-9,11-15,19H,10,16-17H2,1-3H3,(H,30,34). The van der Waals surface area contributed by atoms with E-state index < -0.39 is 5.60 Å². The van der Waals surface area contributed by atoms with Crippen molar-refractivity contribution in [1.82, 2.24) is 20.5 Å². The summed E-state index contributed by atoms with van der Waals surface area (Å²) in [5, 5.41) is 11.8. The molecule has 2 heterocycles. The molecule has 0 fully saturated rings. The van der Waals surface area contributed by atoms with Crippen LogP contribution in [0.1, 0.15) is 44.0 Å². The van der Waals surface area contributed by atoms with Crippen molar-refractivity contribution in [3.05, 3.63) is 89.2 Å². The predicted molar refractivity (Wildman–Crippen MR) is 145 cm³/mol. The highest BCUT2D eigenvalue weighted by molar-refractivity contribution is 7.18. The third kappa shape index (κ3) is 6.41. The molecule has 0 aliphatic heterocycles. The van der Waals surface area contributed by atoms with Crippen LogP contribution in [-0.4, -0.2) is 32.7 Å². The van der Waals surface area contributed by atoms with Crippen LogP contribution in [-0.2, 0) is 27.2 Å². The van der Waals surface area contributed by atoms with E-state index in [1.165, 1.54) is 0 Å². The van der Waals surface area contributed by atoms with E-state index in [-0.39, 0.29) is 30.1 Å². The normalized spacial score (nSPS) is 15.3. The number of fused-ring (bicyclic) bond motifs is 1. The summed E-state index contributed by atoms with van der Waals surface area (Å²) < 4.78 is 12.2. The minimum Gasteiger partial charge on any atom is -0.460 e. The Labute approximate surface area is 224 Å². The first-order valence-electron chi connectivity index (χ1n) is 12.4. The van der Waals surface area contributed by atoms with E-state index in [0.717, 1.165) is 26.4 Å². The maximum atomic E-state index is 12.5. The van der Waals surface area contributed by atoms with E-state index in [2.05, 4.69) is 39.8 Å². The molecule has 5 rings (SSSR count). The average molecular weight is 529 g/mol. The van der Waals surface area contributed by atoms with Crippen LogP contribution in [0.2, 0.25) is 0 Å². The van der Waals surface area contributed by atoms with Crippen molar-refractivity contribution in [2.45, 2.75) is 45.6 Å². The number of ether oxygens (including phenoxy) is 1. The summed E-state index contributed by atoms with van der Waals surface area (Å²) in [5.74, 6) is -0.274. The number of aromatic nitrogens is 3. The van der Waals surface area contributed by atoms with Gasteiger partial charge in [-0.25, -0.2) is 4.98 Å². The van der Waals surface area contributed by atoms with Crippen LogP contribution in [0.4, 0.5) is 0 Å². The number of hydrogen-bond acceptors (Lipinski definition) is 8. The molecular weight excluding hydrogens is 500 g/mol. The van der Waals surface area contributed by atoms with Crippen LogP contribution in [0.5, 0.6) is 0 Å². The lowest BCUT2D eigenvalue weighted by atomic mass is 9.99. The van der Waals surface area contributed by atoms with Gasteiger partial charge in [-0.05, 0) is 56.5 Å². The summed E-state index contributed by atoms with van der Waals surface area (Å²) in [7, 11) is 0. The fraction of sp³-hybridized carbons (Fsp3) is 0.276. The van der Waals surface area contributed by atoms with E-state index in [4.69, 9.17) is 14.1 Å². The Morgan fingerprint density at radius 1 is 1.08 bits per heavy atom. The lowest BCUT2D eigenvalue weighted by molar-refractivity contribution is -0.158. The van der Waals surface area contributed by atoms with Crippen LogP contribution in [0.3, 0.4) is 0 Å². The zero-order valence-corrected chi connectivity index (χ0v) is 22.2. The van der Waals surface area contributed by atoms with E-state index in [1.54, 1.807) is 23.5 Å². The Hall–Kier alpha value is -4.11. The Kier molecular flexibility index (Phi) is 7.20. The zero-order chi connectivity index (χ0) is 26.7. The molecule has 38 heavy (non-hydrogen) atoms. The van der Waals surface area contributed by atoms with Gasteiger partial charge in [-0.1, -0.05) is 48.6 Å². The van der Waals surface area contributed by atoms with Gasteiger partial charge in [-0.15, -0.1) is 21.5 Å². The van der Waals surface area contributed by atoms with Crippen LogP contribution < -0.4 is 5.32 Å². The lowest BCUT2D eigenvalue weighted by Crippen LogP contribution is -2.29. The molecule has 1 atom stereocenters. The van der Waals surface area contributed by atoms with Crippen molar-refractivity contribution >= 4 is 33.4 Å². The molecule has 0 saturated heterocycles. The first kappa shape index (κ1) is 25.5. The number of rotatable bonds is 7. The lowest BCUT2D eigenvalue weighted by Gasteiger charge is -2.23.